The summed E-state index contributed by atoms with van der Waals surface area (Å²) in [5.74, 6) is 0.633. The number of ether oxygens (including phenoxy) is 2. The predicted octanol–water partition coefficient (Wildman–Crippen LogP) is 3.75. The van der Waals surface area contributed by atoms with Crippen molar-refractivity contribution in [1.82, 2.24) is 9.80 Å². The number of hydrogen-bond donors (Lipinski definition) is 1. The standard InChI is InChI=1S/C22H28ClN3O3/c1-4-29-21-19(23)13-17(14-20(21)28-3)22(27)24-18-7-5-16(6-8-18)15-26-11-9-25(2)10-12-26/h5-8,13-14H,4,9-12,15H2,1-3H3,(H,24,27). The van der Waals surface area contributed by atoms with Crippen LogP contribution >= 0.6 is 11.6 Å². The first-order chi connectivity index (χ1) is 14.0. The van der Waals surface area contributed by atoms with Gasteiger partial charge in [-0.2, -0.15) is 0 Å². The fraction of sp³-hybridized carbons (Fsp3) is 0.409. The Morgan fingerprint density at radius 2 is 1.83 bits per heavy atom. The molecule has 7 heteroatoms. The van der Waals surface area contributed by atoms with E-state index in [9.17, 15) is 4.79 Å². The van der Waals surface area contributed by atoms with E-state index >= 15 is 0 Å². The van der Waals surface area contributed by atoms with Crippen LogP contribution in [-0.2, 0) is 6.54 Å². The largest absolute Gasteiger partial charge is 0.493 e. The van der Waals surface area contributed by atoms with Gasteiger partial charge in [0.15, 0.2) is 11.5 Å². The Morgan fingerprint density at radius 3 is 2.45 bits per heavy atom. The molecule has 0 atom stereocenters. The summed E-state index contributed by atoms with van der Waals surface area (Å²) >= 11 is 6.27. The molecule has 1 aliphatic rings. The van der Waals surface area contributed by atoms with Crippen molar-refractivity contribution in [1.29, 1.82) is 0 Å². The highest BCUT2D eigenvalue weighted by Crippen LogP contribution is 2.36. The monoisotopic (exact) mass is 417 g/mol. The van der Waals surface area contributed by atoms with Crippen molar-refractivity contribution >= 4 is 23.2 Å². The summed E-state index contributed by atoms with van der Waals surface area (Å²) in [5.41, 5.74) is 2.39. The molecule has 0 saturated carbocycles. The van der Waals surface area contributed by atoms with E-state index in [-0.39, 0.29) is 5.91 Å². The number of rotatable bonds is 7. The molecule has 0 spiro atoms. The minimum absolute atomic E-state index is 0.250. The van der Waals surface area contributed by atoms with Crippen molar-refractivity contribution in [3.05, 3.63) is 52.5 Å². The molecule has 1 amide bonds. The molecular formula is C22H28ClN3O3. The summed E-state index contributed by atoms with van der Waals surface area (Å²) in [5, 5.41) is 3.26. The Labute approximate surface area is 177 Å². The molecule has 1 aliphatic heterocycles. The molecule has 3 rings (SSSR count). The SMILES string of the molecule is CCOc1c(Cl)cc(C(=O)Nc2ccc(CN3CCN(C)CC3)cc2)cc1OC. The van der Waals surface area contributed by atoms with Gasteiger partial charge in [-0.25, -0.2) is 0 Å². The van der Waals surface area contributed by atoms with Crippen molar-refractivity contribution < 1.29 is 14.3 Å². The number of likely N-dealkylation sites (N-methyl/N-ethyl adjacent to an activating group) is 1. The Kier molecular flexibility index (Phi) is 7.36. The summed E-state index contributed by atoms with van der Waals surface area (Å²) in [7, 11) is 3.68. The zero-order valence-electron chi connectivity index (χ0n) is 17.2. The van der Waals surface area contributed by atoms with Gasteiger partial charge in [0.2, 0.25) is 0 Å². The second kappa shape index (κ2) is 9.96. The average molecular weight is 418 g/mol. The van der Waals surface area contributed by atoms with E-state index in [1.165, 1.54) is 12.7 Å². The highest BCUT2D eigenvalue weighted by atomic mass is 35.5. The molecule has 1 N–H and O–H groups in total. The predicted molar refractivity (Wildman–Crippen MR) is 116 cm³/mol. The van der Waals surface area contributed by atoms with Crippen LogP contribution in [0.1, 0.15) is 22.8 Å². The van der Waals surface area contributed by atoms with Crippen LogP contribution < -0.4 is 14.8 Å². The second-order valence-corrected chi connectivity index (χ2v) is 7.56. The zero-order chi connectivity index (χ0) is 20.8. The maximum atomic E-state index is 12.7. The van der Waals surface area contributed by atoms with Gasteiger partial charge >= 0.3 is 0 Å². The molecule has 0 aromatic heterocycles. The number of carbonyl (C=O) groups is 1. The first kappa shape index (κ1) is 21.4. The van der Waals surface area contributed by atoms with E-state index in [4.69, 9.17) is 21.1 Å². The van der Waals surface area contributed by atoms with Gasteiger partial charge in [0.1, 0.15) is 0 Å². The second-order valence-electron chi connectivity index (χ2n) is 7.15. The highest BCUT2D eigenvalue weighted by Gasteiger charge is 2.16. The Bertz CT molecular complexity index is 834. The van der Waals surface area contributed by atoms with Gasteiger partial charge in [-0.05, 0) is 43.8 Å². The number of methoxy groups -OCH3 is 1. The third kappa shape index (κ3) is 5.63. The fourth-order valence-electron chi connectivity index (χ4n) is 3.30. The maximum Gasteiger partial charge on any atom is 0.255 e. The van der Waals surface area contributed by atoms with Crippen LogP contribution in [0.25, 0.3) is 0 Å². The molecular weight excluding hydrogens is 390 g/mol. The minimum atomic E-state index is -0.250. The van der Waals surface area contributed by atoms with Crippen molar-refractivity contribution in [2.24, 2.45) is 0 Å². The molecule has 2 aromatic carbocycles. The molecule has 6 nitrogen and oxygen atoms in total. The lowest BCUT2D eigenvalue weighted by atomic mass is 10.1. The number of halogens is 1. The number of benzene rings is 2. The lowest BCUT2D eigenvalue weighted by Gasteiger charge is -2.32. The number of carbonyl (C=O) groups excluding carboxylic acids is 1. The molecule has 29 heavy (non-hydrogen) atoms. The number of amides is 1. The van der Waals surface area contributed by atoms with Gasteiger partial charge in [0, 0.05) is 44.0 Å². The number of hydrogen-bond acceptors (Lipinski definition) is 5. The van der Waals surface area contributed by atoms with Crippen LogP contribution in [0.15, 0.2) is 36.4 Å². The van der Waals surface area contributed by atoms with Gasteiger partial charge < -0.3 is 19.7 Å². The van der Waals surface area contributed by atoms with Crippen LogP contribution in [0.5, 0.6) is 11.5 Å². The zero-order valence-corrected chi connectivity index (χ0v) is 18.0. The number of anilines is 1. The summed E-state index contributed by atoms with van der Waals surface area (Å²) in [6, 6.07) is 11.2. The van der Waals surface area contributed by atoms with Crippen LogP contribution in [-0.4, -0.2) is 62.7 Å². The Morgan fingerprint density at radius 1 is 1.14 bits per heavy atom. The first-order valence-electron chi connectivity index (χ1n) is 9.81. The van der Waals surface area contributed by atoms with E-state index in [2.05, 4.69) is 34.3 Å². The lowest BCUT2D eigenvalue weighted by Crippen LogP contribution is -2.43. The summed E-state index contributed by atoms with van der Waals surface area (Å²) in [6.45, 7) is 7.61. The summed E-state index contributed by atoms with van der Waals surface area (Å²) < 4.78 is 10.8. The van der Waals surface area contributed by atoms with Crippen LogP contribution in [0.4, 0.5) is 5.69 Å². The van der Waals surface area contributed by atoms with Gasteiger partial charge in [-0.3, -0.25) is 9.69 Å². The molecule has 1 fully saturated rings. The third-order valence-corrected chi connectivity index (χ3v) is 5.27. The van der Waals surface area contributed by atoms with Crippen molar-refractivity contribution in [3.8, 4) is 11.5 Å². The van der Waals surface area contributed by atoms with E-state index < -0.39 is 0 Å². The molecule has 1 saturated heterocycles. The normalized spacial score (nSPS) is 15.2. The average Bonchev–Trinajstić information content (AvgIpc) is 2.72. The summed E-state index contributed by atoms with van der Waals surface area (Å²) in [4.78, 5) is 17.4. The quantitative estimate of drug-likeness (QED) is 0.743. The number of nitrogens with one attached hydrogen (secondary N) is 1. The highest BCUT2D eigenvalue weighted by molar-refractivity contribution is 6.32. The molecule has 0 unspecified atom stereocenters. The van der Waals surface area contributed by atoms with Crippen molar-refractivity contribution in [3.63, 3.8) is 0 Å². The van der Waals surface area contributed by atoms with Crippen molar-refractivity contribution in [2.75, 3.05) is 52.3 Å². The number of nitrogens with zero attached hydrogens (tertiary/aromatic N) is 2. The van der Waals surface area contributed by atoms with E-state index in [0.717, 1.165) is 38.4 Å². The maximum absolute atomic E-state index is 12.7. The smallest absolute Gasteiger partial charge is 0.255 e. The van der Waals surface area contributed by atoms with Gasteiger partial charge in [-0.15, -0.1) is 0 Å². The van der Waals surface area contributed by atoms with Crippen molar-refractivity contribution in [2.45, 2.75) is 13.5 Å². The molecule has 0 aliphatic carbocycles. The van der Waals surface area contributed by atoms with Gasteiger partial charge in [-0.1, -0.05) is 23.7 Å². The molecule has 2 aromatic rings. The first-order valence-corrected chi connectivity index (χ1v) is 10.2. The fourth-order valence-corrected chi connectivity index (χ4v) is 3.56. The van der Waals surface area contributed by atoms with E-state index in [0.29, 0.717) is 28.7 Å². The molecule has 0 radical (unpaired) electrons. The van der Waals surface area contributed by atoms with E-state index in [1.54, 1.807) is 12.1 Å². The minimum Gasteiger partial charge on any atom is -0.493 e. The van der Waals surface area contributed by atoms with Gasteiger partial charge in [0.05, 0.1) is 18.7 Å². The number of piperazine rings is 1. The summed E-state index contributed by atoms with van der Waals surface area (Å²) in [6.07, 6.45) is 0. The van der Waals surface area contributed by atoms with Crippen LogP contribution in [0.2, 0.25) is 5.02 Å². The van der Waals surface area contributed by atoms with Crippen LogP contribution in [0.3, 0.4) is 0 Å². The lowest BCUT2D eigenvalue weighted by molar-refractivity contribution is 0.102. The molecule has 1 heterocycles. The topological polar surface area (TPSA) is 54.0 Å². The molecule has 156 valence electrons. The Balaban J connectivity index is 1.64. The van der Waals surface area contributed by atoms with E-state index in [1.807, 2.05) is 19.1 Å². The van der Waals surface area contributed by atoms with Gasteiger partial charge in [0.25, 0.3) is 5.91 Å². The van der Waals surface area contributed by atoms with Crippen LogP contribution in [0, 0.1) is 0 Å². The Hall–Kier alpha value is -2.28. The third-order valence-electron chi connectivity index (χ3n) is 4.99. The molecule has 0 bridgehead atoms.